The molecule has 3 N–H and O–H groups in total. The molecule has 4 rings (SSSR count). The Morgan fingerprint density at radius 2 is 1.90 bits per heavy atom. The topological polar surface area (TPSA) is 94.1 Å². The fraction of sp³-hybridized carbons (Fsp3) is 0.548. The normalized spacial score (nSPS) is 21.3. The molecule has 39 heavy (non-hydrogen) atoms. The van der Waals surface area contributed by atoms with E-state index in [4.69, 9.17) is 4.74 Å². The lowest BCUT2D eigenvalue weighted by Crippen LogP contribution is -2.47. The first kappa shape index (κ1) is 28.9. The Morgan fingerprint density at radius 1 is 1.15 bits per heavy atom. The maximum atomic E-state index is 13.4. The number of nitrogens with one attached hydrogen (secondary N) is 2. The van der Waals surface area contributed by atoms with Crippen molar-refractivity contribution < 1.29 is 19.4 Å². The molecule has 1 saturated carbocycles. The first-order valence-corrected chi connectivity index (χ1v) is 14.3. The van der Waals surface area contributed by atoms with Gasteiger partial charge in [0.25, 0.3) is 0 Å². The molecule has 0 unspecified atom stereocenters. The van der Waals surface area contributed by atoms with Gasteiger partial charge in [0.15, 0.2) is 0 Å². The highest BCUT2D eigenvalue weighted by molar-refractivity contribution is 5.90. The van der Waals surface area contributed by atoms with Crippen LogP contribution in [0.3, 0.4) is 0 Å². The van der Waals surface area contributed by atoms with Crippen LogP contribution in [0.1, 0.15) is 57.1 Å². The molecular formula is C31H44N4O4. The average Bonchev–Trinajstić information content (AvgIpc) is 2.97. The van der Waals surface area contributed by atoms with E-state index in [2.05, 4.69) is 41.6 Å². The second kappa shape index (κ2) is 13.8. The molecule has 212 valence electrons. The Balaban J connectivity index is 1.53. The minimum atomic E-state index is -0.299. The zero-order valence-corrected chi connectivity index (χ0v) is 23.6. The van der Waals surface area contributed by atoms with Crippen molar-refractivity contribution in [2.24, 2.45) is 5.92 Å². The van der Waals surface area contributed by atoms with Gasteiger partial charge in [-0.2, -0.15) is 0 Å². The van der Waals surface area contributed by atoms with Gasteiger partial charge >= 0.3 is 6.03 Å². The number of amides is 3. The van der Waals surface area contributed by atoms with E-state index < -0.39 is 0 Å². The SMILES string of the molecule is C[C@H]1CN([C@@H](C)CO)C(=O)Cc2cc(NC(=O)NC3CCCCC3)ccc2O[C@H]1CN(C)Cc1ccccc1. The quantitative estimate of drug-likeness (QED) is 0.464. The number of carbonyl (C=O) groups excluding carboxylic acids is 2. The van der Waals surface area contributed by atoms with Gasteiger partial charge in [-0.1, -0.05) is 56.5 Å². The van der Waals surface area contributed by atoms with E-state index in [9.17, 15) is 14.7 Å². The number of urea groups is 1. The Bertz CT molecular complexity index is 1090. The number of anilines is 1. The molecule has 1 aliphatic carbocycles. The number of hydrogen-bond acceptors (Lipinski definition) is 5. The van der Waals surface area contributed by atoms with E-state index in [1.165, 1.54) is 12.0 Å². The van der Waals surface area contributed by atoms with Crippen LogP contribution in [-0.4, -0.2) is 71.8 Å². The third kappa shape index (κ3) is 8.19. The summed E-state index contributed by atoms with van der Waals surface area (Å²) < 4.78 is 6.62. The molecule has 0 aromatic heterocycles. The maximum absolute atomic E-state index is 13.4. The molecule has 8 heteroatoms. The van der Waals surface area contributed by atoms with Crippen molar-refractivity contribution in [3.05, 3.63) is 59.7 Å². The molecule has 0 spiro atoms. The largest absolute Gasteiger partial charge is 0.488 e. The van der Waals surface area contributed by atoms with Crippen molar-refractivity contribution in [1.82, 2.24) is 15.1 Å². The van der Waals surface area contributed by atoms with Gasteiger partial charge in [-0.15, -0.1) is 0 Å². The minimum Gasteiger partial charge on any atom is -0.488 e. The first-order chi connectivity index (χ1) is 18.8. The van der Waals surface area contributed by atoms with Gasteiger partial charge < -0.3 is 25.4 Å². The van der Waals surface area contributed by atoms with Crippen molar-refractivity contribution in [2.75, 3.05) is 32.1 Å². The predicted octanol–water partition coefficient (Wildman–Crippen LogP) is 4.42. The van der Waals surface area contributed by atoms with Crippen molar-refractivity contribution in [1.29, 1.82) is 0 Å². The second-order valence-electron chi connectivity index (χ2n) is 11.3. The number of aliphatic hydroxyl groups excluding tert-OH is 1. The van der Waals surface area contributed by atoms with Gasteiger partial charge in [-0.05, 0) is 50.6 Å². The van der Waals surface area contributed by atoms with E-state index in [1.54, 1.807) is 4.90 Å². The lowest BCUT2D eigenvalue weighted by atomic mass is 9.96. The van der Waals surface area contributed by atoms with E-state index in [0.29, 0.717) is 24.5 Å². The average molecular weight is 537 g/mol. The Kier molecular flexibility index (Phi) is 10.2. The van der Waals surface area contributed by atoms with Gasteiger partial charge in [0.2, 0.25) is 5.91 Å². The van der Waals surface area contributed by atoms with Crippen molar-refractivity contribution in [3.63, 3.8) is 0 Å². The minimum absolute atomic E-state index is 0.0335. The third-order valence-corrected chi connectivity index (χ3v) is 7.90. The van der Waals surface area contributed by atoms with Gasteiger partial charge in [0.1, 0.15) is 11.9 Å². The highest BCUT2D eigenvalue weighted by Gasteiger charge is 2.31. The fourth-order valence-corrected chi connectivity index (χ4v) is 5.59. The number of carbonyl (C=O) groups is 2. The van der Waals surface area contributed by atoms with E-state index in [1.807, 2.05) is 43.3 Å². The van der Waals surface area contributed by atoms with E-state index in [0.717, 1.165) is 37.8 Å². The molecule has 2 aliphatic rings. The van der Waals surface area contributed by atoms with Crippen molar-refractivity contribution >= 4 is 17.6 Å². The Hall–Kier alpha value is -3.10. The summed E-state index contributed by atoms with van der Waals surface area (Å²) >= 11 is 0. The van der Waals surface area contributed by atoms with Crippen molar-refractivity contribution in [2.45, 2.75) is 77.1 Å². The van der Waals surface area contributed by atoms with Crippen LogP contribution in [0.2, 0.25) is 0 Å². The number of aliphatic hydroxyl groups is 1. The predicted molar refractivity (Wildman–Crippen MR) is 154 cm³/mol. The first-order valence-electron chi connectivity index (χ1n) is 14.3. The Morgan fingerprint density at radius 3 is 2.62 bits per heavy atom. The molecule has 2 aromatic carbocycles. The number of likely N-dealkylation sites (N-methyl/N-ethyl adjacent to an activating group) is 1. The lowest BCUT2D eigenvalue weighted by molar-refractivity contribution is -0.134. The zero-order valence-electron chi connectivity index (χ0n) is 23.6. The standard InChI is InChI=1S/C31H44N4O4/c1-22-18-35(23(2)21-36)30(37)17-25-16-27(33-31(38)32-26-12-8-5-9-13-26)14-15-28(25)39-29(22)20-34(3)19-24-10-6-4-7-11-24/h4,6-7,10-11,14-16,22-23,26,29,36H,5,8-9,12-13,17-21H2,1-3H3,(H2,32,33,38)/t22-,23-,29-/m0/s1. The van der Waals surface area contributed by atoms with Crippen LogP contribution < -0.4 is 15.4 Å². The summed E-state index contributed by atoms with van der Waals surface area (Å²) in [6.45, 7) is 5.82. The second-order valence-corrected chi connectivity index (χ2v) is 11.3. The summed E-state index contributed by atoms with van der Waals surface area (Å²) in [4.78, 5) is 30.1. The van der Waals surface area contributed by atoms with E-state index >= 15 is 0 Å². The van der Waals surface area contributed by atoms with Crippen LogP contribution in [0.15, 0.2) is 48.5 Å². The summed E-state index contributed by atoms with van der Waals surface area (Å²) in [6.07, 6.45) is 5.50. The van der Waals surface area contributed by atoms with Crippen LogP contribution in [0.4, 0.5) is 10.5 Å². The van der Waals surface area contributed by atoms with Gasteiger partial charge in [-0.25, -0.2) is 4.79 Å². The number of nitrogens with zero attached hydrogens (tertiary/aromatic N) is 2. The molecule has 1 fully saturated rings. The third-order valence-electron chi connectivity index (χ3n) is 7.90. The molecule has 3 amide bonds. The number of ether oxygens (including phenoxy) is 1. The van der Waals surface area contributed by atoms with Crippen LogP contribution in [0, 0.1) is 5.92 Å². The zero-order chi connectivity index (χ0) is 27.8. The fourth-order valence-electron chi connectivity index (χ4n) is 5.59. The summed E-state index contributed by atoms with van der Waals surface area (Å²) in [6, 6.07) is 15.6. The monoisotopic (exact) mass is 536 g/mol. The summed E-state index contributed by atoms with van der Waals surface area (Å²) in [5.74, 6) is 0.631. The number of rotatable bonds is 8. The molecular weight excluding hydrogens is 492 g/mol. The van der Waals surface area contributed by atoms with Gasteiger partial charge in [0.05, 0.1) is 19.1 Å². The number of fused-ring (bicyclic) bond motifs is 1. The highest BCUT2D eigenvalue weighted by Crippen LogP contribution is 2.29. The Labute approximate surface area is 232 Å². The van der Waals surface area contributed by atoms with Crippen LogP contribution in [0.5, 0.6) is 5.75 Å². The molecule has 0 radical (unpaired) electrons. The van der Waals surface area contributed by atoms with Crippen LogP contribution >= 0.6 is 0 Å². The molecule has 0 bridgehead atoms. The van der Waals surface area contributed by atoms with Crippen molar-refractivity contribution in [3.8, 4) is 5.75 Å². The van der Waals surface area contributed by atoms with Crippen LogP contribution in [-0.2, 0) is 17.8 Å². The van der Waals surface area contributed by atoms with Gasteiger partial charge in [0, 0.05) is 42.8 Å². The number of benzene rings is 2. The lowest BCUT2D eigenvalue weighted by Gasteiger charge is -2.34. The highest BCUT2D eigenvalue weighted by atomic mass is 16.5. The molecule has 0 saturated heterocycles. The molecule has 3 atom stereocenters. The molecule has 1 heterocycles. The molecule has 8 nitrogen and oxygen atoms in total. The summed E-state index contributed by atoms with van der Waals surface area (Å²) in [5, 5.41) is 15.9. The molecule has 2 aromatic rings. The summed E-state index contributed by atoms with van der Waals surface area (Å²) in [5.41, 5.74) is 2.59. The van der Waals surface area contributed by atoms with Gasteiger partial charge in [-0.3, -0.25) is 9.69 Å². The number of hydrogen-bond donors (Lipinski definition) is 3. The molecule has 1 aliphatic heterocycles. The maximum Gasteiger partial charge on any atom is 0.319 e. The summed E-state index contributed by atoms with van der Waals surface area (Å²) in [7, 11) is 2.08. The van der Waals surface area contributed by atoms with E-state index in [-0.39, 0.29) is 49.1 Å². The van der Waals surface area contributed by atoms with Crippen LogP contribution in [0.25, 0.3) is 0 Å². The smallest absolute Gasteiger partial charge is 0.319 e.